The molecule has 0 spiro atoms. The van der Waals surface area contributed by atoms with Crippen LogP contribution >= 0.6 is 0 Å². The minimum Gasteiger partial charge on any atom is -0.468 e. The Morgan fingerprint density at radius 3 is 2.05 bits per heavy atom. The van der Waals surface area contributed by atoms with Crippen molar-refractivity contribution >= 4 is 29.3 Å². The summed E-state index contributed by atoms with van der Waals surface area (Å²) in [5, 5.41) is 3.06. The van der Waals surface area contributed by atoms with E-state index in [4.69, 9.17) is 9.47 Å². The predicted molar refractivity (Wildman–Crippen MR) is 151 cm³/mol. The third kappa shape index (κ3) is 7.50. The molecule has 1 N–H and O–H groups in total. The van der Waals surface area contributed by atoms with Crippen molar-refractivity contribution in [1.29, 1.82) is 0 Å². The lowest BCUT2D eigenvalue weighted by atomic mass is 9.93. The van der Waals surface area contributed by atoms with Gasteiger partial charge in [-0.15, -0.1) is 0 Å². The van der Waals surface area contributed by atoms with Crippen LogP contribution < -0.4 is 10.2 Å². The zero-order valence-corrected chi connectivity index (χ0v) is 23.4. The van der Waals surface area contributed by atoms with Crippen molar-refractivity contribution in [3.63, 3.8) is 0 Å². The maximum atomic E-state index is 13.0. The zero-order valence-electron chi connectivity index (χ0n) is 23.4. The highest BCUT2D eigenvalue weighted by Gasteiger charge is 2.34. The lowest BCUT2D eigenvalue weighted by Gasteiger charge is -2.37. The number of rotatable bonds is 6. The van der Waals surface area contributed by atoms with E-state index < -0.39 is 11.6 Å². The predicted octanol–water partition coefficient (Wildman–Crippen LogP) is 4.31. The van der Waals surface area contributed by atoms with Gasteiger partial charge in [0.1, 0.15) is 11.6 Å². The summed E-state index contributed by atoms with van der Waals surface area (Å²) in [6.07, 6.45) is 1.07. The van der Waals surface area contributed by atoms with Crippen LogP contribution in [0.5, 0.6) is 0 Å². The van der Waals surface area contributed by atoms with Gasteiger partial charge in [-0.2, -0.15) is 0 Å². The van der Waals surface area contributed by atoms with Crippen LogP contribution in [0.2, 0.25) is 0 Å². The van der Waals surface area contributed by atoms with E-state index >= 15 is 0 Å². The smallest absolute Gasteiger partial charge is 0.410 e. The third-order valence-electron chi connectivity index (χ3n) is 7.24. The first-order valence-electron chi connectivity index (χ1n) is 13.7. The fraction of sp³-hybridized carbons (Fsp3) is 0.500. The van der Waals surface area contributed by atoms with Gasteiger partial charge in [0.2, 0.25) is 5.91 Å². The van der Waals surface area contributed by atoms with Gasteiger partial charge in [-0.1, -0.05) is 30.3 Å². The van der Waals surface area contributed by atoms with E-state index in [2.05, 4.69) is 15.1 Å². The summed E-state index contributed by atoms with van der Waals surface area (Å²) in [6.45, 7) is 9.55. The van der Waals surface area contributed by atoms with Crippen molar-refractivity contribution < 1.29 is 23.9 Å². The molecule has 2 fully saturated rings. The Balaban J connectivity index is 1.26. The number of hydrogen-bond donors (Lipinski definition) is 1. The number of carbonyl (C=O) groups excluding carboxylic acids is 3. The molecule has 2 heterocycles. The molecule has 2 amide bonds. The number of hydrogen-bond acceptors (Lipinski definition) is 7. The average molecular weight is 537 g/mol. The monoisotopic (exact) mass is 536 g/mol. The van der Waals surface area contributed by atoms with Crippen molar-refractivity contribution in [1.82, 2.24) is 9.80 Å². The lowest BCUT2D eigenvalue weighted by molar-refractivity contribution is -0.148. The summed E-state index contributed by atoms with van der Waals surface area (Å²) in [6, 6.07) is 17.0. The maximum absolute atomic E-state index is 13.0. The van der Waals surface area contributed by atoms with Gasteiger partial charge in [0, 0.05) is 56.6 Å². The lowest BCUT2D eigenvalue weighted by Crippen LogP contribution is -2.50. The molecule has 9 nitrogen and oxygen atoms in total. The van der Waals surface area contributed by atoms with Gasteiger partial charge < -0.3 is 24.6 Å². The number of anilines is 2. The Bertz CT molecular complexity index is 1120. The number of ether oxygens (including phenoxy) is 2. The van der Waals surface area contributed by atoms with Gasteiger partial charge in [-0.25, -0.2) is 9.59 Å². The molecule has 39 heavy (non-hydrogen) atoms. The standard InChI is InChI=1S/C30H40N4O5/c1-30(2,3)39-29(37)34-20-18-32(19-21-34)25-12-10-24(11-13-25)31-27(35)23-14-16-33(17-15-23)26(28(36)38-4)22-8-6-5-7-9-22/h5-13,23,26H,14-21H2,1-4H3,(H,31,35). The summed E-state index contributed by atoms with van der Waals surface area (Å²) in [4.78, 5) is 43.9. The minimum atomic E-state index is -0.501. The van der Waals surface area contributed by atoms with Crippen molar-refractivity contribution in [2.24, 2.45) is 5.92 Å². The molecular formula is C30H40N4O5. The fourth-order valence-corrected chi connectivity index (χ4v) is 5.14. The molecule has 2 aliphatic rings. The second-order valence-corrected chi connectivity index (χ2v) is 11.1. The third-order valence-corrected chi connectivity index (χ3v) is 7.24. The highest BCUT2D eigenvalue weighted by atomic mass is 16.6. The summed E-state index contributed by atoms with van der Waals surface area (Å²) < 4.78 is 10.6. The molecule has 9 heteroatoms. The molecule has 4 rings (SSSR count). The van der Waals surface area contributed by atoms with Crippen molar-refractivity contribution in [3.05, 3.63) is 60.2 Å². The van der Waals surface area contributed by atoms with Crippen molar-refractivity contribution in [3.8, 4) is 0 Å². The van der Waals surface area contributed by atoms with E-state index in [1.165, 1.54) is 7.11 Å². The van der Waals surface area contributed by atoms with Crippen LogP contribution in [0.1, 0.15) is 45.2 Å². The second kappa shape index (κ2) is 12.5. The number of nitrogens with zero attached hydrogens (tertiary/aromatic N) is 3. The number of piperidine rings is 1. The number of methoxy groups -OCH3 is 1. The molecule has 0 radical (unpaired) electrons. The molecule has 2 saturated heterocycles. The maximum Gasteiger partial charge on any atom is 0.410 e. The molecule has 0 aromatic heterocycles. The number of piperazine rings is 1. The Hall–Kier alpha value is -3.59. The molecule has 2 aliphatic heterocycles. The van der Waals surface area contributed by atoms with Crippen LogP contribution in [-0.2, 0) is 19.1 Å². The summed E-state index contributed by atoms with van der Waals surface area (Å²) >= 11 is 0. The van der Waals surface area contributed by atoms with E-state index in [-0.39, 0.29) is 23.9 Å². The van der Waals surface area contributed by atoms with E-state index in [9.17, 15) is 14.4 Å². The Labute approximate surface area is 231 Å². The molecule has 0 aliphatic carbocycles. The van der Waals surface area contributed by atoms with Crippen molar-refractivity contribution in [2.75, 3.05) is 56.6 Å². The molecule has 2 aromatic carbocycles. The molecular weight excluding hydrogens is 496 g/mol. The van der Waals surface area contributed by atoms with Crippen LogP contribution in [0.4, 0.5) is 16.2 Å². The van der Waals surface area contributed by atoms with Gasteiger partial charge in [0.05, 0.1) is 7.11 Å². The highest BCUT2D eigenvalue weighted by Crippen LogP contribution is 2.29. The fourth-order valence-electron chi connectivity index (χ4n) is 5.14. The quantitative estimate of drug-likeness (QED) is 0.550. The number of benzene rings is 2. The van der Waals surface area contributed by atoms with Gasteiger partial charge in [0.15, 0.2) is 0 Å². The molecule has 0 bridgehead atoms. The van der Waals surface area contributed by atoms with E-state index in [0.29, 0.717) is 39.0 Å². The molecule has 2 aromatic rings. The molecule has 0 saturated carbocycles. The van der Waals surface area contributed by atoms with Crippen LogP contribution in [-0.4, -0.2) is 79.7 Å². The zero-order chi connectivity index (χ0) is 28.0. The summed E-state index contributed by atoms with van der Waals surface area (Å²) in [5.41, 5.74) is 2.22. The normalized spacial score (nSPS) is 17.8. The van der Waals surface area contributed by atoms with Crippen LogP contribution in [0, 0.1) is 5.92 Å². The van der Waals surface area contributed by atoms with Crippen molar-refractivity contribution in [2.45, 2.75) is 45.3 Å². The SMILES string of the molecule is COC(=O)C(c1ccccc1)N1CCC(C(=O)Nc2ccc(N3CCN(C(=O)OC(C)(C)C)CC3)cc2)CC1. The van der Waals surface area contributed by atoms with Gasteiger partial charge >= 0.3 is 12.1 Å². The van der Waals surface area contributed by atoms with Crippen LogP contribution in [0.25, 0.3) is 0 Å². The molecule has 210 valence electrons. The number of carbonyl (C=O) groups is 3. The Morgan fingerprint density at radius 2 is 1.49 bits per heavy atom. The van der Waals surface area contributed by atoms with E-state index in [1.807, 2.05) is 75.4 Å². The van der Waals surface area contributed by atoms with Crippen LogP contribution in [0.3, 0.4) is 0 Å². The summed E-state index contributed by atoms with van der Waals surface area (Å²) in [7, 11) is 1.41. The first-order chi connectivity index (χ1) is 18.6. The van der Waals surface area contributed by atoms with E-state index in [1.54, 1.807) is 4.90 Å². The topological polar surface area (TPSA) is 91.4 Å². The first kappa shape index (κ1) is 28.4. The van der Waals surface area contributed by atoms with Crippen LogP contribution in [0.15, 0.2) is 54.6 Å². The molecule has 1 unspecified atom stereocenters. The minimum absolute atomic E-state index is 0.00250. The number of amides is 2. The summed E-state index contributed by atoms with van der Waals surface area (Å²) in [5.74, 6) is -0.394. The van der Waals surface area contributed by atoms with Gasteiger partial charge in [-0.3, -0.25) is 9.69 Å². The van der Waals surface area contributed by atoms with Gasteiger partial charge in [0.25, 0.3) is 0 Å². The molecule has 1 atom stereocenters. The average Bonchev–Trinajstić information content (AvgIpc) is 2.93. The first-order valence-corrected chi connectivity index (χ1v) is 13.7. The number of esters is 1. The highest BCUT2D eigenvalue weighted by molar-refractivity contribution is 5.92. The number of likely N-dealkylation sites (tertiary alicyclic amines) is 1. The second-order valence-electron chi connectivity index (χ2n) is 11.1. The van der Waals surface area contributed by atoms with E-state index in [0.717, 1.165) is 30.0 Å². The Morgan fingerprint density at radius 1 is 0.872 bits per heavy atom. The number of nitrogens with one attached hydrogen (secondary N) is 1. The van der Waals surface area contributed by atoms with Gasteiger partial charge in [-0.05, 0) is 63.4 Å². The largest absolute Gasteiger partial charge is 0.468 e. The Kier molecular flexibility index (Phi) is 9.12.